The van der Waals surface area contributed by atoms with Gasteiger partial charge in [-0.2, -0.15) is 0 Å². The molecule has 3 heteroatoms. The van der Waals surface area contributed by atoms with Crippen LogP contribution in [0.15, 0.2) is 47.8 Å². The number of ether oxygens (including phenoxy) is 2. The SMILES string of the molecule is CC/C=C\CCOC(=O)C1=CC/C=C(/OC)CC=C1. The number of esters is 1. The van der Waals surface area contributed by atoms with Gasteiger partial charge in [0, 0.05) is 6.42 Å². The average molecular weight is 262 g/mol. The Hall–Kier alpha value is -1.77. The molecule has 0 aromatic rings. The molecule has 0 aromatic carbocycles. The molecule has 0 aliphatic heterocycles. The van der Waals surface area contributed by atoms with Crippen molar-refractivity contribution in [3.05, 3.63) is 47.8 Å². The van der Waals surface area contributed by atoms with E-state index in [0.29, 0.717) is 25.0 Å². The van der Waals surface area contributed by atoms with Crippen LogP contribution in [0.2, 0.25) is 0 Å². The summed E-state index contributed by atoms with van der Waals surface area (Å²) in [6.45, 7) is 2.51. The molecule has 0 spiro atoms. The van der Waals surface area contributed by atoms with Crippen LogP contribution in [0.5, 0.6) is 0 Å². The van der Waals surface area contributed by atoms with Crippen molar-refractivity contribution in [1.82, 2.24) is 0 Å². The van der Waals surface area contributed by atoms with Gasteiger partial charge in [0.25, 0.3) is 0 Å². The van der Waals surface area contributed by atoms with Gasteiger partial charge in [0.2, 0.25) is 0 Å². The van der Waals surface area contributed by atoms with Gasteiger partial charge >= 0.3 is 5.97 Å². The molecule has 0 saturated carbocycles. The molecular formula is C16H22O3. The maximum Gasteiger partial charge on any atom is 0.337 e. The first-order chi connectivity index (χ1) is 9.27. The summed E-state index contributed by atoms with van der Waals surface area (Å²) in [7, 11) is 1.66. The van der Waals surface area contributed by atoms with Gasteiger partial charge in [-0.15, -0.1) is 0 Å². The maximum atomic E-state index is 11.8. The van der Waals surface area contributed by atoms with Crippen molar-refractivity contribution in [2.24, 2.45) is 0 Å². The number of carbonyl (C=O) groups excluding carboxylic acids is 1. The Balaban J connectivity index is 2.44. The van der Waals surface area contributed by atoms with E-state index in [1.54, 1.807) is 13.2 Å². The second-order valence-electron chi connectivity index (χ2n) is 4.18. The van der Waals surface area contributed by atoms with E-state index in [1.807, 2.05) is 24.3 Å². The van der Waals surface area contributed by atoms with Gasteiger partial charge in [0.15, 0.2) is 0 Å². The molecule has 0 fully saturated rings. The van der Waals surface area contributed by atoms with Crippen LogP contribution < -0.4 is 0 Å². The smallest absolute Gasteiger partial charge is 0.337 e. The first kappa shape index (κ1) is 15.3. The highest BCUT2D eigenvalue weighted by molar-refractivity contribution is 5.91. The van der Waals surface area contributed by atoms with E-state index in [4.69, 9.17) is 9.47 Å². The summed E-state index contributed by atoms with van der Waals surface area (Å²) in [5.74, 6) is 0.667. The Morgan fingerprint density at radius 2 is 2.21 bits per heavy atom. The topological polar surface area (TPSA) is 35.5 Å². The van der Waals surface area contributed by atoms with Crippen molar-refractivity contribution in [3.63, 3.8) is 0 Å². The lowest BCUT2D eigenvalue weighted by atomic mass is 10.1. The number of carbonyl (C=O) groups is 1. The van der Waals surface area contributed by atoms with Crippen LogP contribution in [0.1, 0.15) is 32.6 Å². The molecule has 104 valence electrons. The quantitative estimate of drug-likeness (QED) is 0.416. The monoisotopic (exact) mass is 262 g/mol. The van der Waals surface area contributed by atoms with Gasteiger partial charge in [0.1, 0.15) is 0 Å². The fourth-order valence-corrected chi connectivity index (χ4v) is 1.68. The third-order valence-corrected chi connectivity index (χ3v) is 2.72. The third kappa shape index (κ3) is 6.09. The van der Waals surface area contributed by atoms with E-state index in [-0.39, 0.29) is 5.97 Å². The van der Waals surface area contributed by atoms with Crippen molar-refractivity contribution in [2.45, 2.75) is 32.6 Å². The Labute approximate surface area is 115 Å². The van der Waals surface area contributed by atoms with Gasteiger partial charge in [-0.05, 0) is 25.3 Å². The van der Waals surface area contributed by atoms with E-state index in [1.165, 1.54) is 0 Å². The lowest BCUT2D eigenvalue weighted by molar-refractivity contribution is -0.138. The zero-order valence-corrected chi connectivity index (χ0v) is 11.7. The standard InChI is InChI=1S/C16H22O3/c1-3-4-5-6-13-19-16(17)14-9-7-11-15(18-2)12-8-10-14/h4-5,7,9-10,12H,3,6,8,11,13H2,1-2H3/b5-4-,9-7?,14-10?,15-12+. The fraction of sp³-hybridized carbons (Fsp3) is 0.438. The van der Waals surface area contributed by atoms with Crippen LogP contribution in [-0.4, -0.2) is 19.7 Å². The van der Waals surface area contributed by atoms with Crippen LogP contribution in [0.3, 0.4) is 0 Å². The third-order valence-electron chi connectivity index (χ3n) is 2.72. The molecule has 0 atom stereocenters. The molecule has 0 saturated heterocycles. The number of allylic oxidation sites excluding steroid dienone is 4. The van der Waals surface area contributed by atoms with Crippen molar-refractivity contribution in [2.75, 3.05) is 13.7 Å². The largest absolute Gasteiger partial charge is 0.501 e. The number of hydrogen-bond acceptors (Lipinski definition) is 3. The highest BCUT2D eigenvalue weighted by Gasteiger charge is 2.08. The highest BCUT2D eigenvalue weighted by Crippen LogP contribution is 2.13. The molecule has 19 heavy (non-hydrogen) atoms. The van der Waals surface area contributed by atoms with Gasteiger partial charge in [-0.25, -0.2) is 4.79 Å². The molecule has 0 amide bonds. The minimum atomic E-state index is -0.254. The molecule has 0 bridgehead atoms. The second kappa shape index (κ2) is 9.20. The Morgan fingerprint density at radius 3 is 2.95 bits per heavy atom. The molecule has 0 aromatic heterocycles. The summed E-state index contributed by atoms with van der Waals surface area (Å²) in [6.07, 6.45) is 14.8. The molecular weight excluding hydrogens is 240 g/mol. The van der Waals surface area contributed by atoms with E-state index in [2.05, 4.69) is 13.0 Å². The van der Waals surface area contributed by atoms with E-state index >= 15 is 0 Å². The minimum absolute atomic E-state index is 0.254. The van der Waals surface area contributed by atoms with Crippen LogP contribution in [0, 0.1) is 0 Å². The van der Waals surface area contributed by atoms with E-state index in [9.17, 15) is 4.79 Å². The zero-order valence-electron chi connectivity index (χ0n) is 11.7. The first-order valence-corrected chi connectivity index (χ1v) is 6.69. The van der Waals surface area contributed by atoms with Crippen molar-refractivity contribution >= 4 is 5.97 Å². The minimum Gasteiger partial charge on any atom is -0.501 e. The predicted octanol–water partition coefficient (Wildman–Crippen LogP) is 3.69. The molecule has 3 nitrogen and oxygen atoms in total. The molecule has 0 radical (unpaired) electrons. The molecule has 0 N–H and O–H groups in total. The van der Waals surface area contributed by atoms with E-state index in [0.717, 1.165) is 18.6 Å². The van der Waals surface area contributed by atoms with Crippen molar-refractivity contribution in [3.8, 4) is 0 Å². The van der Waals surface area contributed by atoms with E-state index < -0.39 is 0 Å². The number of hydrogen-bond donors (Lipinski definition) is 0. The zero-order chi connectivity index (χ0) is 13.9. The Morgan fingerprint density at radius 1 is 1.37 bits per heavy atom. The summed E-state index contributed by atoms with van der Waals surface area (Å²) < 4.78 is 10.4. The normalized spacial score (nSPS) is 18.2. The number of rotatable bonds is 6. The summed E-state index contributed by atoms with van der Waals surface area (Å²) in [6, 6.07) is 0. The van der Waals surface area contributed by atoms with Crippen LogP contribution >= 0.6 is 0 Å². The predicted molar refractivity (Wildman–Crippen MR) is 76.6 cm³/mol. The van der Waals surface area contributed by atoms with Crippen LogP contribution in [-0.2, 0) is 14.3 Å². The first-order valence-electron chi connectivity index (χ1n) is 6.69. The second-order valence-corrected chi connectivity index (χ2v) is 4.18. The maximum absolute atomic E-state index is 11.8. The van der Waals surface area contributed by atoms with Crippen molar-refractivity contribution < 1.29 is 14.3 Å². The molecule has 1 aliphatic carbocycles. The summed E-state index contributed by atoms with van der Waals surface area (Å²) >= 11 is 0. The molecule has 0 unspecified atom stereocenters. The van der Waals surface area contributed by atoms with Gasteiger partial charge in [-0.3, -0.25) is 0 Å². The van der Waals surface area contributed by atoms with Crippen LogP contribution in [0.4, 0.5) is 0 Å². The summed E-state index contributed by atoms with van der Waals surface area (Å²) in [5, 5.41) is 0. The van der Waals surface area contributed by atoms with Crippen LogP contribution in [0.25, 0.3) is 0 Å². The highest BCUT2D eigenvalue weighted by atomic mass is 16.5. The van der Waals surface area contributed by atoms with Gasteiger partial charge in [-0.1, -0.05) is 37.3 Å². The lowest BCUT2D eigenvalue weighted by Gasteiger charge is -2.07. The van der Waals surface area contributed by atoms with Gasteiger partial charge < -0.3 is 9.47 Å². The molecule has 1 aliphatic rings. The number of methoxy groups -OCH3 is 1. The average Bonchev–Trinajstić information content (AvgIpc) is 2.38. The van der Waals surface area contributed by atoms with Crippen molar-refractivity contribution in [1.29, 1.82) is 0 Å². The summed E-state index contributed by atoms with van der Waals surface area (Å²) in [5.41, 5.74) is 0.617. The fourth-order valence-electron chi connectivity index (χ4n) is 1.68. The van der Waals surface area contributed by atoms with Gasteiger partial charge in [0.05, 0.1) is 25.0 Å². The Kier molecular flexibility index (Phi) is 7.40. The molecule has 1 rings (SSSR count). The molecule has 0 heterocycles. The lowest BCUT2D eigenvalue weighted by Crippen LogP contribution is -2.08. The Bertz CT molecular complexity index is 400. The summed E-state index contributed by atoms with van der Waals surface area (Å²) in [4.78, 5) is 11.8.